The van der Waals surface area contributed by atoms with Gasteiger partial charge in [-0.25, -0.2) is 0 Å². The van der Waals surface area contributed by atoms with Gasteiger partial charge in [-0.05, 0) is 31.7 Å². The average molecular weight is 268 g/mol. The number of nitrogens with one attached hydrogen (secondary N) is 1. The molecule has 0 aromatic carbocycles. The van der Waals surface area contributed by atoms with Gasteiger partial charge in [-0.2, -0.15) is 11.8 Å². The summed E-state index contributed by atoms with van der Waals surface area (Å²) in [5, 5.41) is 13.2. The van der Waals surface area contributed by atoms with Crippen LogP contribution in [0, 0.1) is 0 Å². The third-order valence-electron chi connectivity index (χ3n) is 3.13. The van der Waals surface area contributed by atoms with E-state index in [2.05, 4.69) is 30.2 Å². The molecule has 0 aliphatic rings. The van der Waals surface area contributed by atoms with E-state index in [1.807, 2.05) is 24.6 Å². The van der Waals surface area contributed by atoms with E-state index < -0.39 is 0 Å². The first kappa shape index (κ1) is 15.5. The maximum atomic E-state index is 9.33. The van der Waals surface area contributed by atoms with Gasteiger partial charge in [0.15, 0.2) is 0 Å². The quantitative estimate of drug-likeness (QED) is 0.761. The lowest BCUT2D eigenvalue weighted by molar-refractivity contribution is 0.268. The predicted octanol–water partition coefficient (Wildman–Crippen LogP) is 2.62. The lowest BCUT2D eigenvalue weighted by Crippen LogP contribution is -2.40. The Morgan fingerprint density at radius 3 is 2.72 bits per heavy atom. The van der Waals surface area contributed by atoms with E-state index in [9.17, 15) is 5.11 Å². The molecule has 1 heterocycles. The van der Waals surface area contributed by atoms with Gasteiger partial charge in [0.1, 0.15) is 0 Å². The molecule has 102 valence electrons. The summed E-state index contributed by atoms with van der Waals surface area (Å²) in [4.78, 5) is 4.43. The summed E-state index contributed by atoms with van der Waals surface area (Å²) in [5.74, 6) is 0. The molecule has 3 nitrogen and oxygen atoms in total. The Labute approximate surface area is 114 Å². The van der Waals surface area contributed by atoms with Gasteiger partial charge in [-0.15, -0.1) is 0 Å². The number of pyridine rings is 1. The molecule has 1 aromatic rings. The van der Waals surface area contributed by atoms with E-state index in [1.165, 1.54) is 0 Å². The van der Waals surface area contributed by atoms with Crippen molar-refractivity contribution in [2.45, 2.75) is 44.0 Å². The van der Waals surface area contributed by atoms with Gasteiger partial charge in [0.05, 0.1) is 12.3 Å². The minimum atomic E-state index is 0.205. The molecule has 2 N–H and O–H groups in total. The van der Waals surface area contributed by atoms with Gasteiger partial charge < -0.3 is 10.4 Å². The Hall–Kier alpha value is -0.580. The summed E-state index contributed by atoms with van der Waals surface area (Å²) in [5.41, 5.74) is 1.09. The molecule has 0 amide bonds. The second-order valence-corrected chi connectivity index (χ2v) is 5.58. The highest BCUT2D eigenvalue weighted by molar-refractivity contribution is 7.99. The van der Waals surface area contributed by atoms with E-state index in [1.54, 1.807) is 11.8 Å². The molecule has 0 saturated carbocycles. The van der Waals surface area contributed by atoms with Crippen molar-refractivity contribution >= 4 is 11.8 Å². The van der Waals surface area contributed by atoms with Gasteiger partial charge >= 0.3 is 0 Å². The minimum absolute atomic E-state index is 0.205. The number of rotatable bonds is 8. The molecule has 1 rings (SSSR count). The van der Waals surface area contributed by atoms with Crippen LogP contribution in [0.15, 0.2) is 24.4 Å². The molecule has 0 radical (unpaired) electrons. The van der Waals surface area contributed by atoms with Crippen molar-refractivity contribution in [3.63, 3.8) is 0 Å². The number of hydrogen-bond acceptors (Lipinski definition) is 4. The topological polar surface area (TPSA) is 45.1 Å². The first-order chi connectivity index (χ1) is 8.72. The van der Waals surface area contributed by atoms with E-state index >= 15 is 0 Å². The highest BCUT2D eigenvalue weighted by Gasteiger charge is 2.20. The summed E-state index contributed by atoms with van der Waals surface area (Å²) in [6.45, 7) is 4.51. The van der Waals surface area contributed by atoms with Crippen molar-refractivity contribution in [3.05, 3.63) is 30.1 Å². The lowest BCUT2D eigenvalue weighted by atomic mass is 10.1. The predicted molar refractivity (Wildman–Crippen MR) is 78.9 cm³/mol. The van der Waals surface area contributed by atoms with Crippen molar-refractivity contribution in [3.8, 4) is 0 Å². The van der Waals surface area contributed by atoms with Gasteiger partial charge in [0, 0.05) is 23.5 Å². The van der Waals surface area contributed by atoms with Crippen LogP contribution in [0.5, 0.6) is 0 Å². The molecule has 0 fully saturated rings. The van der Waals surface area contributed by atoms with Gasteiger partial charge in [-0.1, -0.05) is 19.4 Å². The van der Waals surface area contributed by atoms with Crippen LogP contribution in [0.2, 0.25) is 0 Å². The Balaban J connectivity index is 2.69. The van der Waals surface area contributed by atoms with Crippen LogP contribution < -0.4 is 5.32 Å². The van der Waals surface area contributed by atoms with Crippen LogP contribution in [0.4, 0.5) is 0 Å². The van der Waals surface area contributed by atoms with Crippen molar-refractivity contribution < 1.29 is 5.11 Å². The third-order valence-corrected chi connectivity index (χ3v) is 4.29. The number of aromatic nitrogens is 1. The molecule has 0 aliphatic heterocycles. The molecule has 3 atom stereocenters. The fourth-order valence-electron chi connectivity index (χ4n) is 2.05. The fourth-order valence-corrected chi connectivity index (χ4v) is 2.68. The molecule has 0 aliphatic carbocycles. The highest BCUT2D eigenvalue weighted by Crippen LogP contribution is 2.19. The summed E-state index contributed by atoms with van der Waals surface area (Å²) in [6.07, 6.45) is 6.05. The Morgan fingerprint density at radius 2 is 2.22 bits per heavy atom. The number of thioether (sulfide) groups is 1. The van der Waals surface area contributed by atoms with E-state index in [-0.39, 0.29) is 23.9 Å². The second kappa shape index (κ2) is 8.51. The summed E-state index contributed by atoms with van der Waals surface area (Å²) < 4.78 is 0. The van der Waals surface area contributed by atoms with E-state index in [0.29, 0.717) is 0 Å². The Bertz CT molecular complexity index is 317. The number of nitrogens with zero attached hydrogens (tertiary/aromatic N) is 1. The smallest absolute Gasteiger partial charge is 0.0573 e. The van der Waals surface area contributed by atoms with Crippen molar-refractivity contribution in [2.24, 2.45) is 0 Å². The zero-order chi connectivity index (χ0) is 13.4. The zero-order valence-electron chi connectivity index (χ0n) is 11.5. The first-order valence-corrected chi connectivity index (χ1v) is 7.82. The van der Waals surface area contributed by atoms with Crippen molar-refractivity contribution in [1.29, 1.82) is 0 Å². The minimum Gasteiger partial charge on any atom is -0.395 e. The number of hydrogen-bond donors (Lipinski definition) is 2. The maximum absolute atomic E-state index is 9.33. The molecule has 0 spiro atoms. The largest absolute Gasteiger partial charge is 0.395 e. The molecule has 0 saturated heterocycles. The Morgan fingerprint density at radius 1 is 1.44 bits per heavy atom. The molecule has 1 aromatic heterocycles. The zero-order valence-corrected chi connectivity index (χ0v) is 12.3. The fraction of sp³-hybridized carbons (Fsp3) is 0.643. The normalized spacial score (nSPS) is 16.2. The van der Waals surface area contributed by atoms with Gasteiger partial charge in [0.25, 0.3) is 0 Å². The molecule has 0 bridgehead atoms. The van der Waals surface area contributed by atoms with E-state index in [0.717, 1.165) is 18.5 Å². The van der Waals surface area contributed by atoms with Crippen LogP contribution >= 0.6 is 11.8 Å². The monoisotopic (exact) mass is 268 g/mol. The second-order valence-electron chi connectivity index (χ2n) is 4.51. The standard InChI is InChI=1S/C14H24N2OS/c1-4-7-13(12-8-5-6-9-15-12)16-11(2)14(10-17)18-3/h5-6,8-9,11,13-14,16-17H,4,7,10H2,1-3H3. The van der Waals surface area contributed by atoms with Crippen LogP contribution in [0.3, 0.4) is 0 Å². The van der Waals surface area contributed by atoms with Crippen molar-refractivity contribution in [1.82, 2.24) is 10.3 Å². The summed E-state index contributed by atoms with van der Waals surface area (Å²) in [7, 11) is 0. The SMILES string of the molecule is CCCC(NC(C)C(CO)SC)c1ccccn1. The summed E-state index contributed by atoms with van der Waals surface area (Å²) >= 11 is 1.70. The molecule has 4 heteroatoms. The molecular formula is C14H24N2OS. The highest BCUT2D eigenvalue weighted by atomic mass is 32.2. The lowest BCUT2D eigenvalue weighted by Gasteiger charge is -2.27. The molecular weight excluding hydrogens is 244 g/mol. The molecule has 18 heavy (non-hydrogen) atoms. The summed E-state index contributed by atoms with van der Waals surface area (Å²) in [6, 6.07) is 6.56. The first-order valence-electron chi connectivity index (χ1n) is 6.53. The van der Waals surface area contributed by atoms with Crippen LogP contribution in [0.1, 0.15) is 38.4 Å². The Kier molecular flexibility index (Phi) is 7.32. The number of aliphatic hydroxyl groups excluding tert-OH is 1. The number of aliphatic hydroxyl groups is 1. The third kappa shape index (κ3) is 4.59. The van der Waals surface area contributed by atoms with Crippen LogP contribution in [-0.4, -0.2) is 34.2 Å². The molecule has 3 unspecified atom stereocenters. The van der Waals surface area contributed by atoms with Gasteiger partial charge in [0.2, 0.25) is 0 Å². The van der Waals surface area contributed by atoms with Gasteiger partial charge in [-0.3, -0.25) is 4.98 Å². The maximum Gasteiger partial charge on any atom is 0.0573 e. The van der Waals surface area contributed by atoms with Crippen LogP contribution in [-0.2, 0) is 0 Å². The van der Waals surface area contributed by atoms with Crippen molar-refractivity contribution in [2.75, 3.05) is 12.9 Å². The van der Waals surface area contributed by atoms with Crippen LogP contribution in [0.25, 0.3) is 0 Å². The average Bonchev–Trinajstić information content (AvgIpc) is 2.40. The van der Waals surface area contributed by atoms with E-state index in [4.69, 9.17) is 0 Å².